The van der Waals surface area contributed by atoms with Crippen LogP contribution in [0, 0.1) is 0 Å². The zero-order valence-electron chi connectivity index (χ0n) is 7.60. The van der Waals surface area contributed by atoms with Gasteiger partial charge >= 0.3 is 5.97 Å². The molecule has 0 aliphatic carbocycles. The van der Waals surface area contributed by atoms with Crippen molar-refractivity contribution in [2.75, 3.05) is 0 Å². The summed E-state index contributed by atoms with van der Waals surface area (Å²) >= 11 is -1.84. The van der Waals surface area contributed by atoms with Gasteiger partial charge in [0.2, 0.25) is 0 Å². The van der Waals surface area contributed by atoms with E-state index in [-0.39, 0.29) is 11.7 Å². The quantitative estimate of drug-likeness (QED) is 0.468. The van der Waals surface area contributed by atoms with Crippen molar-refractivity contribution < 1.29 is 18.3 Å². The second-order valence-electron chi connectivity index (χ2n) is 2.70. The fourth-order valence-corrected chi connectivity index (χ4v) is 1.44. The Morgan fingerprint density at radius 1 is 1.43 bits per heavy atom. The Balaban J connectivity index is 2.68. The van der Waals surface area contributed by atoms with Gasteiger partial charge in [-0.15, -0.1) is 0 Å². The van der Waals surface area contributed by atoms with Gasteiger partial charge in [0.15, 0.2) is 11.1 Å². The van der Waals surface area contributed by atoms with Crippen molar-refractivity contribution in [1.29, 1.82) is 0 Å². The smallest absolute Gasteiger partial charge is 0.308 e. The summed E-state index contributed by atoms with van der Waals surface area (Å²) < 4.78 is 23.9. The van der Waals surface area contributed by atoms with Crippen LogP contribution < -0.4 is 4.74 Å². The van der Waals surface area contributed by atoms with E-state index in [1.165, 1.54) is 6.92 Å². The molecule has 0 amide bonds. The Kier molecular flexibility index (Phi) is 3.79. The molecule has 1 aromatic carbocycles. The van der Waals surface area contributed by atoms with Crippen molar-refractivity contribution in [3.63, 3.8) is 0 Å². The topological polar surface area (TPSA) is 63.6 Å². The van der Waals surface area contributed by atoms with E-state index in [1.807, 2.05) is 0 Å². The molecule has 0 heterocycles. The zero-order valence-corrected chi connectivity index (χ0v) is 8.41. The third kappa shape index (κ3) is 3.68. The number of carbonyl (C=O) groups excluding carboxylic acids is 1. The number of rotatable bonds is 3. The number of benzene rings is 1. The second-order valence-corrected chi connectivity index (χ2v) is 3.64. The van der Waals surface area contributed by atoms with Crippen LogP contribution >= 0.6 is 0 Å². The molecule has 0 saturated carbocycles. The molecule has 0 aliphatic rings. The first-order valence-electron chi connectivity index (χ1n) is 3.93. The molecule has 1 aromatic rings. The van der Waals surface area contributed by atoms with Crippen molar-refractivity contribution in [1.82, 2.24) is 0 Å². The summed E-state index contributed by atoms with van der Waals surface area (Å²) in [6.07, 6.45) is 0. The molecule has 5 heteroatoms. The molecule has 0 bridgehead atoms. The van der Waals surface area contributed by atoms with Gasteiger partial charge in [-0.3, -0.25) is 4.79 Å². The van der Waals surface area contributed by atoms with Crippen molar-refractivity contribution in [3.05, 3.63) is 29.8 Å². The Hall–Kier alpha value is -1.20. The molecule has 1 rings (SSSR count). The highest BCUT2D eigenvalue weighted by Crippen LogP contribution is 2.13. The minimum absolute atomic E-state index is 0.0837. The first-order chi connectivity index (χ1) is 6.58. The molecule has 0 aromatic heterocycles. The van der Waals surface area contributed by atoms with Crippen LogP contribution in [0.25, 0.3) is 0 Å². The molecule has 1 atom stereocenters. The van der Waals surface area contributed by atoms with Gasteiger partial charge in [-0.25, -0.2) is 4.21 Å². The van der Waals surface area contributed by atoms with E-state index in [0.717, 1.165) is 5.56 Å². The number of esters is 1. The molecule has 4 nitrogen and oxygen atoms in total. The molecule has 0 fully saturated rings. The van der Waals surface area contributed by atoms with Gasteiger partial charge in [0, 0.05) is 6.92 Å². The van der Waals surface area contributed by atoms with Crippen LogP contribution in [-0.2, 0) is 21.6 Å². The second kappa shape index (κ2) is 4.88. The van der Waals surface area contributed by atoms with Crippen LogP contribution in [0.1, 0.15) is 12.5 Å². The molecule has 0 spiro atoms. The fraction of sp³-hybridized carbons (Fsp3) is 0.222. The molecular formula is C9H10O4S. The van der Waals surface area contributed by atoms with Crippen LogP contribution in [0.15, 0.2) is 24.3 Å². The maximum atomic E-state index is 10.6. The van der Waals surface area contributed by atoms with Crippen molar-refractivity contribution in [2.45, 2.75) is 12.7 Å². The SMILES string of the molecule is CC(=O)Oc1ccc(CS(=O)O)cc1. The largest absolute Gasteiger partial charge is 0.427 e. The van der Waals surface area contributed by atoms with E-state index in [4.69, 9.17) is 9.29 Å². The third-order valence-corrected chi connectivity index (χ3v) is 2.06. The van der Waals surface area contributed by atoms with Gasteiger partial charge in [0.1, 0.15) is 5.75 Å². The lowest BCUT2D eigenvalue weighted by atomic mass is 10.2. The first-order valence-corrected chi connectivity index (χ1v) is 5.20. The predicted octanol–water partition coefficient (Wildman–Crippen LogP) is 1.33. The Morgan fingerprint density at radius 2 is 2.00 bits per heavy atom. The minimum Gasteiger partial charge on any atom is -0.427 e. The number of hydrogen-bond acceptors (Lipinski definition) is 3. The third-order valence-electron chi connectivity index (χ3n) is 1.48. The highest BCUT2D eigenvalue weighted by molar-refractivity contribution is 7.78. The van der Waals surface area contributed by atoms with Gasteiger partial charge in [0.25, 0.3) is 0 Å². The molecule has 1 N–H and O–H groups in total. The van der Waals surface area contributed by atoms with Crippen LogP contribution in [-0.4, -0.2) is 14.7 Å². The van der Waals surface area contributed by atoms with E-state index in [1.54, 1.807) is 24.3 Å². The number of hydrogen-bond donors (Lipinski definition) is 1. The van der Waals surface area contributed by atoms with Gasteiger partial charge in [-0.05, 0) is 17.7 Å². The fourth-order valence-electron chi connectivity index (χ4n) is 0.962. The van der Waals surface area contributed by atoms with Gasteiger partial charge < -0.3 is 9.29 Å². The molecule has 0 aliphatic heterocycles. The Morgan fingerprint density at radius 3 is 2.43 bits per heavy atom. The maximum absolute atomic E-state index is 10.6. The van der Waals surface area contributed by atoms with Gasteiger partial charge in [-0.2, -0.15) is 0 Å². The van der Waals surface area contributed by atoms with Crippen molar-refractivity contribution in [2.24, 2.45) is 0 Å². The summed E-state index contributed by atoms with van der Waals surface area (Å²) in [5, 5.41) is 0. The zero-order chi connectivity index (χ0) is 10.6. The van der Waals surface area contributed by atoms with Gasteiger partial charge in [-0.1, -0.05) is 12.1 Å². The summed E-state index contributed by atoms with van der Waals surface area (Å²) in [5.74, 6) is 0.133. The lowest BCUT2D eigenvalue weighted by Gasteiger charge is -2.01. The normalized spacial score (nSPS) is 12.1. The Bertz CT molecular complexity index is 309. The Labute approximate surface area is 84.2 Å². The first kappa shape index (κ1) is 10.9. The lowest BCUT2D eigenvalue weighted by Crippen LogP contribution is -2.01. The summed E-state index contributed by atoms with van der Waals surface area (Å²) in [4.78, 5) is 10.6. The van der Waals surface area contributed by atoms with Crippen LogP contribution in [0.4, 0.5) is 0 Å². The molecule has 14 heavy (non-hydrogen) atoms. The average molecular weight is 214 g/mol. The summed E-state index contributed by atoms with van der Waals surface area (Å²) in [5.41, 5.74) is 0.724. The molecule has 1 unspecified atom stereocenters. The minimum atomic E-state index is -1.84. The molecular weight excluding hydrogens is 204 g/mol. The van der Waals surface area contributed by atoms with E-state index >= 15 is 0 Å². The number of carbonyl (C=O) groups is 1. The number of ether oxygens (including phenoxy) is 1. The van der Waals surface area contributed by atoms with E-state index in [0.29, 0.717) is 5.75 Å². The van der Waals surface area contributed by atoms with E-state index in [9.17, 15) is 9.00 Å². The van der Waals surface area contributed by atoms with Crippen LogP contribution in [0.3, 0.4) is 0 Å². The average Bonchev–Trinajstić information content (AvgIpc) is 2.06. The van der Waals surface area contributed by atoms with E-state index < -0.39 is 11.1 Å². The maximum Gasteiger partial charge on any atom is 0.308 e. The van der Waals surface area contributed by atoms with Crippen LogP contribution in [0.2, 0.25) is 0 Å². The highest BCUT2D eigenvalue weighted by Gasteiger charge is 2.00. The summed E-state index contributed by atoms with van der Waals surface area (Å²) in [6.45, 7) is 1.32. The monoisotopic (exact) mass is 214 g/mol. The molecule has 76 valence electrons. The van der Waals surface area contributed by atoms with E-state index in [2.05, 4.69) is 0 Å². The van der Waals surface area contributed by atoms with Gasteiger partial charge in [0.05, 0.1) is 5.75 Å². The summed E-state index contributed by atoms with van der Waals surface area (Å²) in [7, 11) is 0. The molecule has 0 radical (unpaired) electrons. The standard InChI is InChI=1S/C9H10O4S/c1-7(10)13-9-4-2-8(3-5-9)6-14(11)12/h2-5H,6H2,1H3,(H,11,12). The molecule has 0 saturated heterocycles. The van der Waals surface area contributed by atoms with Crippen LogP contribution in [0.5, 0.6) is 5.75 Å². The van der Waals surface area contributed by atoms with Crippen molar-refractivity contribution >= 4 is 17.0 Å². The lowest BCUT2D eigenvalue weighted by molar-refractivity contribution is -0.131. The highest BCUT2D eigenvalue weighted by atomic mass is 32.2. The summed E-state index contributed by atoms with van der Waals surface area (Å²) in [6, 6.07) is 6.46. The predicted molar refractivity (Wildman–Crippen MR) is 52.2 cm³/mol. The van der Waals surface area contributed by atoms with Crippen molar-refractivity contribution in [3.8, 4) is 5.75 Å².